The summed E-state index contributed by atoms with van der Waals surface area (Å²) in [6, 6.07) is 18.4. The molecule has 1 fully saturated rings. The zero-order valence-electron chi connectivity index (χ0n) is 18.0. The molecule has 0 bridgehead atoms. The first kappa shape index (κ1) is 21.1. The average Bonchev–Trinajstić information content (AvgIpc) is 3.46. The van der Waals surface area contributed by atoms with Crippen LogP contribution in [0.4, 0.5) is 10.2 Å². The fraction of sp³-hybridized carbons (Fsp3) is 0.240. The van der Waals surface area contributed by atoms with Crippen molar-refractivity contribution < 1.29 is 13.9 Å². The molecule has 33 heavy (non-hydrogen) atoms. The Hall–Kier alpha value is -3.78. The number of carbonyl (C=O) groups excluding carboxylic acids is 1. The minimum absolute atomic E-state index is 0.279. The number of anilines is 1. The van der Waals surface area contributed by atoms with Crippen molar-refractivity contribution in [3.8, 4) is 17.1 Å². The molecule has 1 saturated heterocycles. The summed E-state index contributed by atoms with van der Waals surface area (Å²) in [6.07, 6.45) is 1.47. The number of hydrogen-bond acceptors (Lipinski definition) is 5. The summed E-state index contributed by atoms with van der Waals surface area (Å²) in [6.45, 7) is 2.37. The molecule has 3 heterocycles. The summed E-state index contributed by atoms with van der Waals surface area (Å²) < 4.78 is 19.4. The standard InChI is InChI=1S/C25H24FN5O2/c26-17-11-13-31(16-17)14-15-33-21-9-2-1-6-18(21)24-28-20-8-5-7-19(23(20)30-24)25(32)29-22-10-3-4-12-27-22/h1-10,12,17H,11,13-16H2,(H,28,30)(H,27,29,32). The number of rotatable bonds is 7. The number of H-pyrrole nitrogens is 1. The number of likely N-dealkylation sites (tertiary alicyclic amines) is 1. The van der Waals surface area contributed by atoms with Crippen molar-refractivity contribution in [3.63, 3.8) is 0 Å². The number of amides is 1. The van der Waals surface area contributed by atoms with E-state index in [1.807, 2.05) is 42.5 Å². The normalized spacial score (nSPS) is 16.2. The third kappa shape index (κ3) is 4.70. The van der Waals surface area contributed by atoms with Crippen LogP contribution in [0.2, 0.25) is 0 Å². The van der Waals surface area contributed by atoms with Gasteiger partial charge in [0.15, 0.2) is 0 Å². The van der Waals surface area contributed by atoms with Crippen LogP contribution >= 0.6 is 0 Å². The van der Waals surface area contributed by atoms with Gasteiger partial charge in [0.2, 0.25) is 0 Å². The molecule has 2 aromatic carbocycles. The molecule has 7 nitrogen and oxygen atoms in total. The summed E-state index contributed by atoms with van der Waals surface area (Å²) in [5.41, 5.74) is 2.57. The van der Waals surface area contributed by atoms with Crippen molar-refractivity contribution in [1.29, 1.82) is 0 Å². The maximum atomic E-state index is 13.4. The van der Waals surface area contributed by atoms with Crippen LogP contribution in [-0.2, 0) is 0 Å². The molecular weight excluding hydrogens is 421 g/mol. The fourth-order valence-electron chi connectivity index (χ4n) is 4.02. The predicted octanol–water partition coefficient (Wildman–Crippen LogP) is 4.30. The number of fused-ring (bicyclic) bond motifs is 1. The highest BCUT2D eigenvalue weighted by Crippen LogP contribution is 2.30. The van der Waals surface area contributed by atoms with Gasteiger partial charge in [-0.05, 0) is 42.8 Å². The van der Waals surface area contributed by atoms with E-state index in [9.17, 15) is 9.18 Å². The lowest BCUT2D eigenvalue weighted by molar-refractivity contribution is 0.102. The van der Waals surface area contributed by atoms with E-state index >= 15 is 0 Å². The summed E-state index contributed by atoms with van der Waals surface area (Å²) in [5.74, 6) is 1.50. The minimum Gasteiger partial charge on any atom is -0.491 e. The summed E-state index contributed by atoms with van der Waals surface area (Å²) >= 11 is 0. The first-order chi connectivity index (χ1) is 16.2. The van der Waals surface area contributed by atoms with Gasteiger partial charge in [-0.1, -0.05) is 24.3 Å². The second kappa shape index (κ2) is 9.38. The van der Waals surface area contributed by atoms with Gasteiger partial charge in [-0.25, -0.2) is 14.4 Å². The van der Waals surface area contributed by atoms with Crippen molar-refractivity contribution in [2.75, 3.05) is 31.6 Å². The molecule has 0 radical (unpaired) electrons. The Morgan fingerprint density at radius 2 is 2.03 bits per heavy atom. The zero-order chi connectivity index (χ0) is 22.6. The summed E-state index contributed by atoms with van der Waals surface area (Å²) in [5, 5.41) is 2.81. The minimum atomic E-state index is -0.739. The lowest BCUT2D eigenvalue weighted by Crippen LogP contribution is -2.26. The highest BCUT2D eigenvalue weighted by molar-refractivity contribution is 6.11. The number of imidazole rings is 1. The number of halogens is 1. The molecule has 1 atom stereocenters. The van der Waals surface area contributed by atoms with E-state index in [-0.39, 0.29) is 5.91 Å². The fourth-order valence-corrected chi connectivity index (χ4v) is 4.02. The molecule has 2 N–H and O–H groups in total. The smallest absolute Gasteiger partial charge is 0.259 e. The Bertz CT molecular complexity index is 1260. The second-order valence-corrected chi connectivity index (χ2v) is 7.99. The second-order valence-electron chi connectivity index (χ2n) is 7.99. The highest BCUT2D eigenvalue weighted by atomic mass is 19.1. The Kier molecular flexibility index (Phi) is 5.99. The maximum Gasteiger partial charge on any atom is 0.259 e. The number of pyridine rings is 1. The SMILES string of the molecule is O=C(Nc1ccccn1)c1cccc2[nH]c(-c3ccccc3OCCN3CCC(F)C3)nc12. The van der Waals surface area contributed by atoms with Crippen molar-refractivity contribution in [3.05, 3.63) is 72.4 Å². The van der Waals surface area contributed by atoms with E-state index in [0.29, 0.717) is 54.6 Å². The Balaban J connectivity index is 1.37. The predicted molar refractivity (Wildman–Crippen MR) is 125 cm³/mol. The van der Waals surface area contributed by atoms with Crippen molar-refractivity contribution >= 4 is 22.8 Å². The van der Waals surface area contributed by atoms with Gasteiger partial charge in [0.25, 0.3) is 5.91 Å². The van der Waals surface area contributed by atoms with Gasteiger partial charge in [0.1, 0.15) is 35.7 Å². The van der Waals surface area contributed by atoms with E-state index in [1.54, 1.807) is 24.4 Å². The molecule has 5 rings (SSSR count). The Morgan fingerprint density at radius 3 is 2.85 bits per heavy atom. The largest absolute Gasteiger partial charge is 0.491 e. The number of ether oxygens (including phenoxy) is 1. The van der Waals surface area contributed by atoms with E-state index in [0.717, 1.165) is 17.6 Å². The van der Waals surface area contributed by atoms with Gasteiger partial charge in [0, 0.05) is 25.8 Å². The van der Waals surface area contributed by atoms with Crippen LogP contribution in [0.1, 0.15) is 16.8 Å². The molecule has 1 aliphatic rings. The molecule has 1 aliphatic heterocycles. The number of benzene rings is 2. The summed E-state index contributed by atoms with van der Waals surface area (Å²) in [4.78, 5) is 27.1. The van der Waals surface area contributed by atoms with Crippen LogP contribution < -0.4 is 10.1 Å². The monoisotopic (exact) mass is 445 g/mol. The molecule has 4 aromatic rings. The Morgan fingerprint density at radius 1 is 1.15 bits per heavy atom. The third-order valence-electron chi connectivity index (χ3n) is 5.69. The molecule has 0 spiro atoms. The molecule has 1 unspecified atom stereocenters. The lowest BCUT2D eigenvalue weighted by atomic mass is 10.1. The number of hydrogen-bond donors (Lipinski definition) is 2. The number of nitrogens with one attached hydrogen (secondary N) is 2. The molecule has 2 aromatic heterocycles. The van der Waals surface area contributed by atoms with Crippen LogP contribution in [0.5, 0.6) is 5.75 Å². The van der Waals surface area contributed by atoms with Crippen LogP contribution in [-0.4, -0.2) is 58.2 Å². The maximum absolute atomic E-state index is 13.4. The van der Waals surface area contributed by atoms with E-state index < -0.39 is 6.17 Å². The average molecular weight is 445 g/mol. The van der Waals surface area contributed by atoms with E-state index in [4.69, 9.17) is 9.72 Å². The number of aromatic nitrogens is 3. The van der Waals surface area contributed by atoms with Crippen molar-refractivity contribution in [2.24, 2.45) is 0 Å². The molecule has 1 amide bonds. The van der Waals surface area contributed by atoms with E-state index in [1.165, 1.54) is 0 Å². The quantitative estimate of drug-likeness (QED) is 0.443. The molecular formula is C25H24FN5O2. The zero-order valence-corrected chi connectivity index (χ0v) is 18.0. The van der Waals surface area contributed by atoms with Crippen molar-refractivity contribution in [2.45, 2.75) is 12.6 Å². The lowest BCUT2D eigenvalue weighted by Gasteiger charge is -2.16. The number of aromatic amines is 1. The van der Waals surface area contributed by atoms with Crippen molar-refractivity contribution in [1.82, 2.24) is 19.9 Å². The topological polar surface area (TPSA) is 83.1 Å². The highest BCUT2D eigenvalue weighted by Gasteiger charge is 2.21. The van der Waals surface area contributed by atoms with Gasteiger partial charge < -0.3 is 15.0 Å². The number of para-hydroxylation sites is 2. The third-order valence-corrected chi connectivity index (χ3v) is 5.69. The van der Waals surface area contributed by atoms with Gasteiger partial charge >= 0.3 is 0 Å². The number of nitrogens with zero attached hydrogens (tertiary/aromatic N) is 3. The molecule has 8 heteroatoms. The van der Waals surface area contributed by atoms with Gasteiger partial charge in [-0.3, -0.25) is 9.69 Å². The van der Waals surface area contributed by atoms with Crippen LogP contribution in [0, 0.1) is 0 Å². The summed E-state index contributed by atoms with van der Waals surface area (Å²) in [7, 11) is 0. The number of alkyl halides is 1. The van der Waals surface area contributed by atoms with Gasteiger partial charge in [-0.2, -0.15) is 0 Å². The molecule has 0 saturated carbocycles. The van der Waals surface area contributed by atoms with Crippen LogP contribution in [0.15, 0.2) is 66.9 Å². The first-order valence-corrected chi connectivity index (χ1v) is 11.0. The van der Waals surface area contributed by atoms with Gasteiger partial charge in [0.05, 0.1) is 16.6 Å². The molecule has 168 valence electrons. The Labute approximate surface area is 190 Å². The first-order valence-electron chi connectivity index (χ1n) is 11.0. The number of carbonyl (C=O) groups is 1. The van der Waals surface area contributed by atoms with Crippen LogP contribution in [0.3, 0.4) is 0 Å². The van der Waals surface area contributed by atoms with Crippen LogP contribution in [0.25, 0.3) is 22.4 Å². The molecule has 0 aliphatic carbocycles. The van der Waals surface area contributed by atoms with E-state index in [2.05, 4.69) is 20.2 Å². The van der Waals surface area contributed by atoms with Gasteiger partial charge in [-0.15, -0.1) is 0 Å².